The van der Waals surface area contributed by atoms with Gasteiger partial charge in [0.15, 0.2) is 11.5 Å². The lowest BCUT2D eigenvalue weighted by Crippen LogP contribution is -2.08. The summed E-state index contributed by atoms with van der Waals surface area (Å²) in [5.41, 5.74) is 1.17. The molecule has 0 N–H and O–H groups in total. The van der Waals surface area contributed by atoms with E-state index in [2.05, 4.69) is 0 Å². The molecule has 0 aliphatic heterocycles. The normalized spacial score (nSPS) is 10.6. The summed E-state index contributed by atoms with van der Waals surface area (Å²) in [6.07, 6.45) is 1.03. The first-order valence-electron chi connectivity index (χ1n) is 6.02. The molecule has 0 aliphatic rings. The molecule has 0 fully saturated rings. The molecule has 0 unspecified atom stereocenters. The second-order valence-corrected chi connectivity index (χ2v) is 4.31. The second-order valence-electron chi connectivity index (χ2n) is 4.31. The molecule has 0 saturated heterocycles. The standard InChI is InChI=1S/C14H22O3/c1-11(2)17-13-7-6-12(3)10-14(13)16-9-5-8-15-4/h6-7,10-11H,5,8-9H2,1-4H3. The van der Waals surface area contributed by atoms with Crippen LogP contribution in [0.4, 0.5) is 0 Å². The number of benzene rings is 1. The molecule has 3 nitrogen and oxygen atoms in total. The van der Waals surface area contributed by atoms with Crippen molar-refractivity contribution in [2.75, 3.05) is 20.3 Å². The zero-order valence-electron chi connectivity index (χ0n) is 11.2. The van der Waals surface area contributed by atoms with Gasteiger partial charge >= 0.3 is 0 Å². The molecule has 0 bridgehead atoms. The average Bonchev–Trinajstić information content (AvgIpc) is 2.27. The van der Waals surface area contributed by atoms with Gasteiger partial charge in [0.2, 0.25) is 0 Å². The fourth-order valence-electron chi connectivity index (χ4n) is 1.46. The van der Waals surface area contributed by atoms with Crippen LogP contribution in [0, 0.1) is 6.92 Å². The lowest BCUT2D eigenvalue weighted by atomic mass is 10.2. The number of hydrogen-bond acceptors (Lipinski definition) is 3. The minimum absolute atomic E-state index is 0.152. The Morgan fingerprint density at radius 1 is 1.12 bits per heavy atom. The fraction of sp³-hybridized carbons (Fsp3) is 0.571. The molecular formula is C14H22O3. The number of rotatable bonds is 7. The van der Waals surface area contributed by atoms with E-state index in [1.807, 2.05) is 39.0 Å². The smallest absolute Gasteiger partial charge is 0.161 e. The maximum absolute atomic E-state index is 5.72. The number of hydrogen-bond donors (Lipinski definition) is 0. The molecule has 0 atom stereocenters. The van der Waals surface area contributed by atoms with E-state index < -0.39 is 0 Å². The van der Waals surface area contributed by atoms with E-state index in [0.29, 0.717) is 13.2 Å². The van der Waals surface area contributed by atoms with Crippen molar-refractivity contribution in [3.05, 3.63) is 23.8 Å². The highest BCUT2D eigenvalue weighted by Crippen LogP contribution is 2.29. The third-order valence-corrected chi connectivity index (χ3v) is 2.21. The summed E-state index contributed by atoms with van der Waals surface area (Å²) in [6, 6.07) is 5.99. The average molecular weight is 238 g/mol. The van der Waals surface area contributed by atoms with Gasteiger partial charge in [0.25, 0.3) is 0 Å². The molecule has 0 aromatic heterocycles. The predicted octanol–water partition coefficient (Wildman–Crippen LogP) is 3.20. The Hall–Kier alpha value is -1.22. The summed E-state index contributed by atoms with van der Waals surface area (Å²) in [4.78, 5) is 0. The minimum atomic E-state index is 0.152. The Balaban J connectivity index is 2.63. The van der Waals surface area contributed by atoms with Crippen LogP contribution in [0.3, 0.4) is 0 Å². The molecule has 0 spiro atoms. The van der Waals surface area contributed by atoms with Crippen molar-refractivity contribution < 1.29 is 14.2 Å². The summed E-state index contributed by atoms with van der Waals surface area (Å²) >= 11 is 0. The third-order valence-electron chi connectivity index (χ3n) is 2.21. The van der Waals surface area contributed by atoms with E-state index in [1.165, 1.54) is 5.56 Å². The van der Waals surface area contributed by atoms with Crippen molar-refractivity contribution in [3.8, 4) is 11.5 Å². The minimum Gasteiger partial charge on any atom is -0.490 e. The molecule has 0 radical (unpaired) electrons. The summed E-state index contributed by atoms with van der Waals surface area (Å²) in [5.74, 6) is 1.62. The summed E-state index contributed by atoms with van der Waals surface area (Å²) < 4.78 is 16.4. The molecule has 1 aromatic rings. The molecule has 96 valence electrons. The van der Waals surface area contributed by atoms with Crippen LogP contribution in [0.2, 0.25) is 0 Å². The maximum Gasteiger partial charge on any atom is 0.161 e. The van der Waals surface area contributed by atoms with E-state index in [-0.39, 0.29) is 6.10 Å². The van der Waals surface area contributed by atoms with E-state index >= 15 is 0 Å². The van der Waals surface area contributed by atoms with Crippen molar-refractivity contribution in [3.63, 3.8) is 0 Å². The van der Waals surface area contributed by atoms with Crippen molar-refractivity contribution in [1.82, 2.24) is 0 Å². The molecule has 3 heteroatoms. The topological polar surface area (TPSA) is 27.7 Å². The van der Waals surface area contributed by atoms with Gasteiger partial charge in [-0.2, -0.15) is 0 Å². The number of ether oxygens (including phenoxy) is 3. The molecule has 1 aromatic carbocycles. The molecular weight excluding hydrogens is 216 g/mol. The predicted molar refractivity (Wildman–Crippen MR) is 68.9 cm³/mol. The Morgan fingerprint density at radius 3 is 2.53 bits per heavy atom. The summed E-state index contributed by atoms with van der Waals surface area (Å²) in [6.45, 7) is 7.42. The highest BCUT2D eigenvalue weighted by Gasteiger charge is 2.07. The molecule has 1 rings (SSSR count). The van der Waals surface area contributed by atoms with Gasteiger partial charge in [-0.15, -0.1) is 0 Å². The zero-order valence-corrected chi connectivity index (χ0v) is 11.2. The van der Waals surface area contributed by atoms with Gasteiger partial charge < -0.3 is 14.2 Å². The highest BCUT2D eigenvalue weighted by molar-refractivity contribution is 5.42. The molecule has 0 saturated carbocycles. The van der Waals surface area contributed by atoms with Crippen molar-refractivity contribution in [1.29, 1.82) is 0 Å². The van der Waals surface area contributed by atoms with Gasteiger partial charge in [-0.25, -0.2) is 0 Å². The van der Waals surface area contributed by atoms with Crippen LogP contribution in [0.25, 0.3) is 0 Å². The molecule has 0 amide bonds. The first kappa shape index (κ1) is 13.8. The highest BCUT2D eigenvalue weighted by atomic mass is 16.5. The van der Waals surface area contributed by atoms with E-state index in [1.54, 1.807) is 7.11 Å². The van der Waals surface area contributed by atoms with Gasteiger partial charge in [0.1, 0.15) is 0 Å². The summed E-state index contributed by atoms with van der Waals surface area (Å²) in [7, 11) is 1.69. The Morgan fingerprint density at radius 2 is 1.88 bits per heavy atom. The van der Waals surface area contributed by atoms with Crippen LogP contribution >= 0.6 is 0 Å². The zero-order chi connectivity index (χ0) is 12.7. The Kier molecular flexibility index (Phi) is 5.84. The van der Waals surface area contributed by atoms with Gasteiger partial charge in [-0.05, 0) is 38.5 Å². The largest absolute Gasteiger partial charge is 0.490 e. The van der Waals surface area contributed by atoms with Crippen molar-refractivity contribution in [2.24, 2.45) is 0 Å². The second kappa shape index (κ2) is 7.17. The summed E-state index contributed by atoms with van der Waals surface area (Å²) in [5, 5.41) is 0. The van der Waals surface area contributed by atoms with Crippen molar-refractivity contribution in [2.45, 2.75) is 33.3 Å². The lowest BCUT2D eigenvalue weighted by Gasteiger charge is -2.15. The Bertz CT molecular complexity index is 334. The first-order chi connectivity index (χ1) is 8.13. The van der Waals surface area contributed by atoms with E-state index in [0.717, 1.165) is 17.9 Å². The van der Waals surface area contributed by atoms with E-state index in [4.69, 9.17) is 14.2 Å². The molecule has 17 heavy (non-hydrogen) atoms. The first-order valence-corrected chi connectivity index (χ1v) is 6.02. The maximum atomic E-state index is 5.72. The van der Waals surface area contributed by atoms with Crippen LogP contribution in [0.5, 0.6) is 11.5 Å². The number of aryl methyl sites for hydroxylation is 1. The lowest BCUT2D eigenvalue weighted by molar-refractivity contribution is 0.167. The van der Waals surface area contributed by atoms with Crippen LogP contribution in [0.1, 0.15) is 25.8 Å². The van der Waals surface area contributed by atoms with E-state index in [9.17, 15) is 0 Å². The van der Waals surface area contributed by atoms with Gasteiger partial charge in [0.05, 0.1) is 12.7 Å². The Labute approximate surface area is 104 Å². The van der Waals surface area contributed by atoms with Gasteiger partial charge in [0, 0.05) is 20.1 Å². The quantitative estimate of drug-likeness (QED) is 0.683. The number of methoxy groups -OCH3 is 1. The fourth-order valence-corrected chi connectivity index (χ4v) is 1.46. The SMILES string of the molecule is COCCCOc1cc(C)ccc1OC(C)C. The van der Waals surface area contributed by atoms with Crippen LogP contribution in [-0.2, 0) is 4.74 Å². The van der Waals surface area contributed by atoms with Gasteiger partial charge in [-0.3, -0.25) is 0 Å². The van der Waals surface area contributed by atoms with Gasteiger partial charge in [-0.1, -0.05) is 6.07 Å². The monoisotopic (exact) mass is 238 g/mol. The van der Waals surface area contributed by atoms with Crippen molar-refractivity contribution >= 4 is 0 Å². The third kappa shape index (κ3) is 5.09. The van der Waals surface area contributed by atoms with Crippen LogP contribution < -0.4 is 9.47 Å². The van der Waals surface area contributed by atoms with Crippen LogP contribution in [-0.4, -0.2) is 26.4 Å². The molecule has 0 aliphatic carbocycles. The van der Waals surface area contributed by atoms with Crippen LogP contribution in [0.15, 0.2) is 18.2 Å². The molecule has 0 heterocycles.